The predicted octanol–water partition coefficient (Wildman–Crippen LogP) is 4.75. The molecule has 0 spiro atoms. The van der Waals surface area contributed by atoms with Gasteiger partial charge in [0, 0.05) is 13.1 Å². The molecule has 1 N–H and O–H groups in total. The van der Waals surface area contributed by atoms with Crippen molar-refractivity contribution >= 4 is 27.5 Å². The number of hydrogen-bond donors (Lipinski definition) is 1. The predicted molar refractivity (Wildman–Crippen MR) is 151 cm³/mol. The first-order valence-electron chi connectivity index (χ1n) is 12.9. The van der Waals surface area contributed by atoms with Gasteiger partial charge in [-0.1, -0.05) is 55.5 Å². The molecule has 8 heteroatoms. The third-order valence-electron chi connectivity index (χ3n) is 6.73. The smallest absolute Gasteiger partial charge is 0.264 e. The third-order valence-corrected chi connectivity index (χ3v) is 8.52. The number of likely N-dealkylation sites (N-methyl/N-ethyl adjacent to an activating group) is 1. The van der Waals surface area contributed by atoms with Crippen LogP contribution in [-0.4, -0.2) is 44.3 Å². The summed E-state index contributed by atoms with van der Waals surface area (Å²) in [5.41, 5.74) is 4.20. The molecule has 202 valence electrons. The number of carbonyl (C=O) groups is 2. The molecule has 0 heterocycles. The molecule has 3 aromatic carbocycles. The lowest BCUT2D eigenvalue weighted by atomic mass is 10.1. The summed E-state index contributed by atoms with van der Waals surface area (Å²) in [4.78, 5) is 28.6. The summed E-state index contributed by atoms with van der Waals surface area (Å²) in [7, 11) is -4.07. The Morgan fingerprint density at radius 3 is 2.11 bits per heavy atom. The number of aryl methyl sites for hydroxylation is 3. The average Bonchev–Trinajstić information content (AvgIpc) is 2.90. The molecule has 7 nitrogen and oxygen atoms in total. The summed E-state index contributed by atoms with van der Waals surface area (Å²) in [5, 5.41) is 2.82. The minimum atomic E-state index is -4.07. The maximum Gasteiger partial charge on any atom is 0.264 e. The lowest BCUT2D eigenvalue weighted by Crippen LogP contribution is -2.52. The molecular weight excluding hydrogens is 498 g/mol. The second-order valence-electron chi connectivity index (χ2n) is 9.36. The standard InChI is InChI=1S/C30H37N3O4S/c1-6-28(30(35)31-7-2)32(20-25-14-12-11-13-23(25)4)29(34)21-33(26-18-17-22(3)24(5)19-26)38(36,37)27-15-9-8-10-16-27/h8-19,28H,6-7,20-21H2,1-5H3,(H,31,35)/t28-/m0/s1. The number of benzene rings is 3. The molecule has 0 bridgehead atoms. The monoisotopic (exact) mass is 535 g/mol. The second-order valence-corrected chi connectivity index (χ2v) is 11.2. The van der Waals surface area contributed by atoms with E-state index in [-0.39, 0.29) is 17.3 Å². The molecule has 3 aromatic rings. The average molecular weight is 536 g/mol. The first-order chi connectivity index (χ1) is 18.1. The van der Waals surface area contributed by atoms with Gasteiger partial charge in [-0.3, -0.25) is 13.9 Å². The fourth-order valence-electron chi connectivity index (χ4n) is 4.31. The van der Waals surface area contributed by atoms with Crippen molar-refractivity contribution in [1.82, 2.24) is 10.2 Å². The van der Waals surface area contributed by atoms with E-state index < -0.39 is 28.5 Å². The number of amides is 2. The van der Waals surface area contributed by atoms with E-state index in [1.54, 1.807) is 30.3 Å². The van der Waals surface area contributed by atoms with E-state index in [0.717, 1.165) is 26.6 Å². The number of sulfonamides is 1. The van der Waals surface area contributed by atoms with Crippen LogP contribution in [0.25, 0.3) is 0 Å². The van der Waals surface area contributed by atoms with Crippen molar-refractivity contribution in [2.75, 3.05) is 17.4 Å². The van der Waals surface area contributed by atoms with Crippen LogP contribution in [0, 0.1) is 20.8 Å². The molecule has 0 aliphatic heterocycles. The Kier molecular flexibility index (Phi) is 9.69. The van der Waals surface area contributed by atoms with Crippen LogP contribution in [-0.2, 0) is 26.2 Å². The quantitative estimate of drug-likeness (QED) is 0.384. The van der Waals surface area contributed by atoms with Crippen molar-refractivity contribution in [1.29, 1.82) is 0 Å². The SMILES string of the molecule is CCNC(=O)[C@H](CC)N(Cc1ccccc1C)C(=O)CN(c1ccc(C)c(C)c1)S(=O)(=O)c1ccccc1. The van der Waals surface area contributed by atoms with Gasteiger partial charge in [-0.2, -0.15) is 0 Å². The van der Waals surface area contributed by atoms with Gasteiger partial charge in [-0.15, -0.1) is 0 Å². The molecular formula is C30H37N3O4S. The van der Waals surface area contributed by atoms with Crippen molar-refractivity contribution in [3.8, 4) is 0 Å². The van der Waals surface area contributed by atoms with Gasteiger partial charge in [0.1, 0.15) is 12.6 Å². The fraction of sp³-hybridized carbons (Fsp3) is 0.333. The summed E-state index contributed by atoms with van der Waals surface area (Å²) >= 11 is 0. The Balaban J connectivity index is 2.08. The zero-order valence-corrected chi connectivity index (χ0v) is 23.6. The van der Waals surface area contributed by atoms with Crippen molar-refractivity contribution in [2.24, 2.45) is 0 Å². The van der Waals surface area contributed by atoms with E-state index >= 15 is 0 Å². The van der Waals surface area contributed by atoms with Crippen molar-refractivity contribution < 1.29 is 18.0 Å². The minimum absolute atomic E-state index is 0.0900. The summed E-state index contributed by atoms with van der Waals surface area (Å²) in [6.07, 6.45) is 0.387. The Bertz CT molecular complexity index is 1370. The molecule has 38 heavy (non-hydrogen) atoms. The van der Waals surface area contributed by atoms with Crippen LogP contribution in [0.3, 0.4) is 0 Å². The van der Waals surface area contributed by atoms with Crippen LogP contribution >= 0.6 is 0 Å². The van der Waals surface area contributed by atoms with Gasteiger partial charge in [0.2, 0.25) is 11.8 Å². The summed E-state index contributed by atoms with van der Waals surface area (Å²) in [6, 6.07) is 20.3. The van der Waals surface area contributed by atoms with Crippen LogP contribution in [0.5, 0.6) is 0 Å². The van der Waals surface area contributed by atoms with Gasteiger partial charge in [-0.25, -0.2) is 8.42 Å². The van der Waals surface area contributed by atoms with Crippen LogP contribution < -0.4 is 9.62 Å². The molecule has 0 fully saturated rings. The highest BCUT2D eigenvalue weighted by atomic mass is 32.2. The molecule has 0 aliphatic rings. The van der Waals surface area contributed by atoms with Gasteiger partial charge in [0.05, 0.1) is 10.6 Å². The van der Waals surface area contributed by atoms with Gasteiger partial charge in [0.15, 0.2) is 0 Å². The fourth-order valence-corrected chi connectivity index (χ4v) is 5.74. The lowest BCUT2D eigenvalue weighted by molar-refractivity contribution is -0.140. The van der Waals surface area contributed by atoms with E-state index in [1.807, 2.05) is 65.0 Å². The summed E-state index contributed by atoms with van der Waals surface area (Å²) in [6.45, 7) is 9.65. The van der Waals surface area contributed by atoms with Crippen LogP contribution in [0.15, 0.2) is 77.7 Å². The maximum absolute atomic E-state index is 14.0. The van der Waals surface area contributed by atoms with Crippen LogP contribution in [0.4, 0.5) is 5.69 Å². The molecule has 0 saturated carbocycles. The molecule has 0 saturated heterocycles. The minimum Gasteiger partial charge on any atom is -0.355 e. The second kappa shape index (κ2) is 12.7. The largest absolute Gasteiger partial charge is 0.355 e. The Hall–Kier alpha value is -3.65. The molecule has 2 amide bonds. The highest BCUT2D eigenvalue weighted by Gasteiger charge is 2.33. The lowest BCUT2D eigenvalue weighted by Gasteiger charge is -2.33. The number of nitrogens with one attached hydrogen (secondary N) is 1. The van der Waals surface area contributed by atoms with Crippen molar-refractivity contribution in [3.05, 3.63) is 95.1 Å². The zero-order chi connectivity index (χ0) is 27.9. The number of rotatable bonds is 11. The number of anilines is 1. The molecule has 0 unspecified atom stereocenters. The first-order valence-corrected chi connectivity index (χ1v) is 14.3. The number of nitrogens with zero attached hydrogens (tertiary/aromatic N) is 2. The highest BCUT2D eigenvalue weighted by molar-refractivity contribution is 7.92. The normalized spacial score (nSPS) is 12.0. The number of hydrogen-bond acceptors (Lipinski definition) is 4. The molecule has 3 rings (SSSR count). The van der Waals surface area contributed by atoms with Crippen LogP contribution in [0.1, 0.15) is 42.5 Å². The molecule has 1 atom stereocenters. The summed E-state index contributed by atoms with van der Waals surface area (Å²) in [5.74, 6) is -0.718. The van der Waals surface area contributed by atoms with Gasteiger partial charge in [-0.05, 0) is 80.6 Å². The van der Waals surface area contributed by atoms with Crippen molar-refractivity contribution in [2.45, 2.75) is 58.5 Å². The molecule has 0 aromatic heterocycles. The van der Waals surface area contributed by atoms with E-state index in [2.05, 4.69) is 5.32 Å². The Morgan fingerprint density at radius 1 is 0.842 bits per heavy atom. The summed E-state index contributed by atoms with van der Waals surface area (Å²) < 4.78 is 28.8. The van der Waals surface area contributed by atoms with E-state index in [0.29, 0.717) is 18.7 Å². The highest BCUT2D eigenvalue weighted by Crippen LogP contribution is 2.27. The molecule has 0 radical (unpaired) electrons. The van der Waals surface area contributed by atoms with E-state index in [1.165, 1.54) is 17.0 Å². The molecule has 0 aliphatic carbocycles. The topological polar surface area (TPSA) is 86.8 Å². The van der Waals surface area contributed by atoms with Gasteiger partial charge < -0.3 is 10.2 Å². The zero-order valence-electron chi connectivity index (χ0n) is 22.8. The van der Waals surface area contributed by atoms with E-state index in [4.69, 9.17) is 0 Å². The van der Waals surface area contributed by atoms with Crippen LogP contribution in [0.2, 0.25) is 0 Å². The Labute approximate surface area is 226 Å². The maximum atomic E-state index is 14.0. The van der Waals surface area contributed by atoms with Gasteiger partial charge in [0.25, 0.3) is 10.0 Å². The Morgan fingerprint density at radius 2 is 1.50 bits per heavy atom. The van der Waals surface area contributed by atoms with Gasteiger partial charge >= 0.3 is 0 Å². The van der Waals surface area contributed by atoms with E-state index in [9.17, 15) is 18.0 Å². The van der Waals surface area contributed by atoms with Crippen molar-refractivity contribution in [3.63, 3.8) is 0 Å². The third kappa shape index (κ3) is 6.61. The first kappa shape index (κ1) is 28.9. The number of carbonyl (C=O) groups excluding carboxylic acids is 2.